The number of hydrogen-bond acceptors (Lipinski definition) is 4. The average Bonchev–Trinajstić information content (AvgIpc) is 2.93. The van der Waals surface area contributed by atoms with Gasteiger partial charge in [-0.2, -0.15) is 0 Å². The van der Waals surface area contributed by atoms with Gasteiger partial charge in [-0.3, -0.25) is 14.5 Å². The summed E-state index contributed by atoms with van der Waals surface area (Å²) in [5, 5.41) is 20.1. The Labute approximate surface area is 129 Å². The fraction of sp³-hybridized carbons (Fsp3) is 0.500. The summed E-state index contributed by atoms with van der Waals surface area (Å²) in [5.41, 5.74) is 2.53. The number of nitrogens with zero attached hydrogens (tertiary/aromatic N) is 1. The Balaban J connectivity index is 2.03. The molecule has 6 heteroatoms. The second-order valence-electron chi connectivity index (χ2n) is 5.47. The molecule has 0 saturated heterocycles. The molecule has 0 spiro atoms. The quantitative estimate of drug-likeness (QED) is 0.653. The summed E-state index contributed by atoms with van der Waals surface area (Å²) in [6.07, 6.45) is 2.51. The Kier molecular flexibility index (Phi) is 5.91. The van der Waals surface area contributed by atoms with Crippen LogP contribution in [0.15, 0.2) is 24.3 Å². The third kappa shape index (κ3) is 4.29. The van der Waals surface area contributed by atoms with Gasteiger partial charge in [0.05, 0.1) is 6.54 Å². The minimum absolute atomic E-state index is 0.0710. The van der Waals surface area contributed by atoms with E-state index in [2.05, 4.69) is 17.4 Å². The van der Waals surface area contributed by atoms with Crippen LogP contribution >= 0.6 is 0 Å². The maximum Gasteiger partial charge on any atom is 0.322 e. The van der Waals surface area contributed by atoms with Crippen LogP contribution in [0.2, 0.25) is 0 Å². The first-order valence-electron chi connectivity index (χ1n) is 7.53. The molecule has 1 amide bonds. The molecule has 1 aliphatic rings. The van der Waals surface area contributed by atoms with Crippen LogP contribution in [-0.4, -0.2) is 53.2 Å². The van der Waals surface area contributed by atoms with Gasteiger partial charge in [0, 0.05) is 19.2 Å². The molecule has 1 aromatic carbocycles. The van der Waals surface area contributed by atoms with Crippen LogP contribution in [0.3, 0.4) is 0 Å². The number of nitrogens with one attached hydrogen (secondary N) is 1. The van der Waals surface area contributed by atoms with E-state index in [1.54, 1.807) is 0 Å². The van der Waals surface area contributed by atoms with Crippen molar-refractivity contribution < 1.29 is 19.8 Å². The highest BCUT2D eigenvalue weighted by Crippen LogP contribution is 2.35. The predicted molar refractivity (Wildman–Crippen MR) is 81.4 cm³/mol. The Morgan fingerprint density at radius 3 is 2.82 bits per heavy atom. The predicted octanol–water partition coefficient (Wildman–Crippen LogP) is 0.559. The standard InChI is InChI=1S/C16H22N2O4/c19-9-3-8-18(11-15(20)17-10-16(21)22)14-7-6-12-4-1-2-5-13(12)14/h1-2,4-5,14,19H,3,6-11H2,(H,17,20)(H,21,22). The molecule has 1 unspecified atom stereocenters. The van der Waals surface area contributed by atoms with E-state index in [1.165, 1.54) is 11.1 Å². The Bertz CT molecular complexity index is 533. The van der Waals surface area contributed by atoms with Crippen LogP contribution in [0, 0.1) is 0 Å². The molecule has 6 nitrogen and oxygen atoms in total. The maximum absolute atomic E-state index is 11.9. The summed E-state index contributed by atoms with van der Waals surface area (Å²) in [6, 6.07) is 8.33. The van der Waals surface area contributed by atoms with Crippen molar-refractivity contribution in [2.45, 2.75) is 25.3 Å². The summed E-state index contributed by atoms with van der Waals surface area (Å²) in [5.74, 6) is -1.36. The molecular weight excluding hydrogens is 284 g/mol. The number of fused-ring (bicyclic) bond motifs is 1. The Hall–Kier alpha value is -1.92. The largest absolute Gasteiger partial charge is 0.480 e. The van der Waals surface area contributed by atoms with Crippen LogP contribution in [0.5, 0.6) is 0 Å². The van der Waals surface area contributed by atoms with Crippen molar-refractivity contribution in [3.05, 3.63) is 35.4 Å². The van der Waals surface area contributed by atoms with Crippen molar-refractivity contribution >= 4 is 11.9 Å². The van der Waals surface area contributed by atoms with Crippen molar-refractivity contribution in [3.63, 3.8) is 0 Å². The number of aliphatic carboxylic acids is 1. The van der Waals surface area contributed by atoms with E-state index < -0.39 is 5.97 Å². The summed E-state index contributed by atoms with van der Waals surface area (Å²) in [4.78, 5) is 24.5. The molecule has 0 aliphatic heterocycles. The first kappa shape index (κ1) is 16.5. The van der Waals surface area contributed by atoms with Gasteiger partial charge in [0.15, 0.2) is 0 Å². The van der Waals surface area contributed by atoms with Crippen molar-refractivity contribution in [1.29, 1.82) is 0 Å². The number of aryl methyl sites for hydroxylation is 1. The molecule has 22 heavy (non-hydrogen) atoms. The second kappa shape index (κ2) is 7.91. The van der Waals surface area contributed by atoms with E-state index in [0.29, 0.717) is 13.0 Å². The van der Waals surface area contributed by atoms with Gasteiger partial charge in [-0.05, 0) is 30.4 Å². The molecule has 0 heterocycles. The van der Waals surface area contributed by atoms with Gasteiger partial charge in [-0.1, -0.05) is 24.3 Å². The molecule has 120 valence electrons. The Morgan fingerprint density at radius 2 is 2.09 bits per heavy atom. The van der Waals surface area contributed by atoms with Crippen LogP contribution in [0.4, 0.5) is 0 Å². The van der Waals surface area contributed by atoms with Crippen molar-refractivity contribution in [3.8, 4) is 0 Å². The lowest BCUT2D eigenvalue weighted by atomic mass is 10.1. The number of carbonyl (C=O) groups is 2. The van der Waals surface area contributed by atoms with Gasteiger partial charge >= 0.3 is 5.97 Å². The van der Waals surface area contributed by atoms with E-state index >= 15 is 0 Å². The Morgan fingerprint density at radius 1 is 1.32 bits per heavy atom. The third-order valence-electron chi connectivity index (χ3n) is 3.93. The number of carboxylic acid groups (broad SMARTS) is 1. The van der Waals surface area contributed by atoms with Crippen molar-refractivity contribution in [2.75, 3.05) is 26.2 Å². The number of aliphatic hydroxyl groups excluding tert-OH is 1. The highest BCUT2D eigenvalue weighted by atomic mass is 16.4. The lowest BCUT2D eigenvalue weighted by molar-refractivity contribution is -0.138. The first-order valence-corrected chi connectivity index (χ1v) is 7.53. The van der Waals surface area contributed by atoms with Gasteiger partial charge in [0.25, 0.3) is 0 Å². The molecule has 2 rings (SSSR count). The molecular formula is C16H22N2O4. The topological polar surface area (TPSA) is 89.9 Å². The van der Waals surface area contributed by atoms with Crippen LogP contribution < -0.4 is 5.32 Å². The SMILES string of the molecule is O=C(O)CNC(=O)CN(CCCO)C1CCc2ccccc21. The summed E-state index contributed by atoms with van der Waals surface area (Å²) in [6.45, 7) is 0.456. The number of aliphatic hydroxyl groups is 1. The number of carboxylic acids is 1. The highest BCUT2D eigenvalue weighted by molar-refractivity contribution is 5.82. The van der Waals surface area contributed by atoms with Crippen molar-refractivity contribution in [2.24, 2.45) is 0 Å². The van der Waals surface area contributed by atoms with Gasteiger partial charge in [-0.15, -0.1) is 0 Å². The average molecular weight is 306 g/mol. The number of benzene rings is 1. The minimum atomic E-state index is -1.05. The maximum atomic E-state index is 11.9. The van der Waals surface area contributed by atoms with E-state index in [1.807, 2.05) is 17.0 Å². The molecule has 3 N–H and O–H groups in total. The molecule has 0 radical (unpaired) electrons. The van der Waals surface area contributed by atoms with Crippen molar-refractivity contribution in [1.82, 2.24) is 10.2 Å². The van der Waals surface area contributed by atoms with E-state index in [4.69, 9.17) is 10.2 Å². The molecule has 1 aliphatic carbocycles. The lowest BCUT2D eigenvalue weighted by Gasteiger charge is -2.28. The zero-order valence-electron chi connectivity index (χ0n) is 12.5. The molecule has 0 aromatic heterocycles. The van der Waals surface area contributed by atoms with E-state index in [9.17, 15) is 9.59 Å². The molecule has 0 fully saturated rings. The summed E-state index contributed by atoms with van der Waals surface area (Å²) < 4.78 is 0. The highest BCUT2D eigenvalue weighted by Gasteiger charge is 2.28. The zero-order chi connectivity index (χ0) is 15.9. The second-order valence-corrected chi connectivity index (χ2v) is 5.47. The lowest BCUT2D eigenvalue weighted by Crippen LogP contribution is -2.41. The van der Waals surface area contributed by atoms with Gasteiger partial charge in [0.2, 0.25) is 5.91 Å². The van der Waals surface area contributed by atoms with Crippen LogP contribution in [0.25, 0.3) is 0 Å². The minimum Gasteiger partial charge on any atom is -0.480 e. The number of carbonyl (C=O) groups excluding carboxylic acids is 1. The van der Waals surface area contributed by atoms with Gasteiger partial charge < -0.3 is 15.5 Å². The fourth-order valence-electron chi connectivity index (χ4n) is 2.95. The summed E-state index contributed by atoms with van der Waals surface area (Å²) in [7, 11) is 0. The van der Waals surface area contributed by atoms with Crippen LogP contribution in [-0.2, 0) is 16.0 Å². The first-order chi connectivity index (χ1) is 10.6. The smallest absolute Gasteiger partial charge is 0.322 e. The summed E-state index contributed by atoms with van der Waals surface area (Å²) >= 11 is 0. The number of amides is 1. The monoisotopic (exact) mass is 306 g/mol. The van der Waals surface area contributed by atoms with Gasteiger partial charge in [0.1, 0.15) is 6.54 Å². The van der Waals surface area contributed by atoms with Gasteiger partial charge in [-0.25, -0.2) is 0 Å². The fourth-order valence-corrected chi connectivity index (χ4v) is 2.95. The normalized spacial score (nSPS) is 16.5. The van der Waals surface area contributed by atoms with Crippen LogP contribution in [0.1, 0.15) is 30.0 Å². The van der Waals surface area contributed by atoms with E-state index in [0.717, 1.165) is 12.8 Å². The molecule has 0 saturated carbocycles. The molecule has 1 aromatic rings. The van der Waals surface area contributed by atoms with E-state index in [-0.39, 0.29) is 31.6 Å². The molecule has 0 bridgehead atoms. The zero-order valence-corrected chi connectivity index (χ0v) is 12.5. The third-order valence-corrected chi connectivity index (χ3v) is 3.93. The number of hydrogen-bond donors (Lipinski definition) is 3. The number of rotatable bonds is 8. The molecule has 1 atom stereocenters.